The van der Waals surface area contributed by atoms with Gasteiger partial charge in [-0.25, -0.2) is 4.79 Å². The molecule has 2 aromatic carbocycles. The van der Waals surface area contributed by atoms with Crippen LogP contribution in [-0.4, -0.2) is 46.9 Å². The summed E-state index contributed by atoms with van der Waals surface area (Å²) in [5, 5.41) is 2.62. The van der Waals surface area contributed by atoms with Crippen LogP contribution in [0.1, 0.15) is 5.56 Å². The summed E-state index contributed by atoms with van der Waals surface area (Å²) in [5.74, 6) is 0.982. The second-order valence-corrected chi connectivity index (χ2v) is 5.67. The number of rotatable bonds is 9. The van der Waals surface area contributed by atoms with E-state index in [4.69, 9.17) is 23.7 Å². The Morgan fingerprint density at radius 1 is 0.862 bits per heavy atom. The molecule has 0 bridgehead atoms. The number of carbonyl (C=O) groups is 2. The highest BCUT2D eigenvalue weighted by Crippen LogP contribution is 2.29. The largest absolute Gasteiger partial charge is 0.497 e. The van der Waals surface area contributed by atoms with Gasteiger partial charge in [-0.05, 0) is 35.9 Å². The van der Waals surface area contributed by atoms with Gasteiger partial charge in [0.2, 0.25) is 0 Å². The van der Waals surface area contributed by atoms with Crippen molar-refractivity contribution in [2.45, 2.75) is 0 Å². The highest BCUT2D eigenvalue weighted by Gasteiger charge is 2.11. The lowest BCUT2D eigenvalue weighted by Crippen LogP contribution is -2.20. The van der Waals surface area contributed by atoms with Crippen LogP contribution in [0, 0.1) is 0 Å². The van der Waals surface area contributed by atoms with Crippen molar-refractivity contribution < 1.29 is 33.3 Å². The summed E-state index contributed by atoms with van der Waals surface area (Å²) in [6, 6.07) is 10.1. The number of benzene rings is 2. The van der Waals surface area contributed by atoms with Crippen molar-refractivity contribution in [3.63, 3.8) is 0 Å². The number of amides is 1. The molecule has 8 heteroatoms. The summed E-state index contributed by atoms with van der Waals surface area (Å²) >= 11 is 0. The van der Waals surface area contributed by atoms with Crippen LogP contribution in [0.15, 0.2) is 42.5 Å². The zero-order valence-corrected chi connectivity index (χ0v) is 16.7. The second kappa shape index (κ2) is 10.6. The van der Waals surface area contributed by atoms with E-state index in [0.29, 0.717) is 34.2 Å². The lowest BCUT2D eigenvalue weighted by molar-refractivity contribution is -0.142. The van der Waals surface area contributed by atoms with E-state index in [1.807, 2.05) is 0 Å². The van der Waals surface area contributed by atoms with Crippen LogP contribution in [0.25, 0.3) is 6.08 Å². The molecule has 0 atom stereocenters. The van der Waals surface area contributed by atoms with Crippen LogP contribution in [0.5, 0.6) is 23.0 Å². The predicted octanol–water partition coefficient (Wildman–Crippen LogP) is 2.92. The number of anilines is 1. The van der Waals surface area contributed by atoms with Crippen LogP contribution in [0.4, 0.5) is 5.69 Å². The fourth-order valence-corrected chi connectivity index (χ4v) is 2.39. The average Bonchev–Trinajstić information content (AvgIpc) is 2.76. The first-order valence-electron chi connectivity index (χ1n) is 8.59. The lowest BCUT2D eigenvalue weighted by atomic mass is 10.2. The normalized spacial score (nSPS) is 10.3. The Balaban J connectivity index is 1.90. The minimum Gasteiger partial charge on any atom is -0.497 e. The molecule has 0 spiro atoms. The minimum absolute atomic E-state index is 0.428. The monoisotopic (exact) mass is 401 g/mol. The molecule has 0 fully saturated rings. The lowest BCUT2D eigenvalue weighted by Gasteiger charge is -2.11. The zero-order chi connectivity index (χ0) is 21.2. The van der Waals surface area contributed by atoms with Gasteiger partial charge in [-0.2, -0.15) is 0 Å². The highest BCUT2D eigenvalue weighted by molar-refractivity contribution is 5.95. The second-order valence-electron chi connectivity index (χ2n) is 5.67. The fraction of sp³-hybridized carbons (Fsp3) is 0.238. The molecule has 29 heavy (non-hydrogen) atoms. The van der Waals surface area contributed by atoms with Gasteiger partial charge < -0.3 is 29.0 Å². The van der Waals surface area contributed by atoms with Gasteiger partial charge in [0, 0.05) is 12.1 Å². The molecule has 0 aliphatic carbocycles. The molecule has 0 aliphatic heterocycles. The molecule has 1 N–H and O–H groups in total. The van der Waals surface area contributed by atoms with E-state index in [1.54, 1.807) is 42.5 Å². The summed E-state index contributed by atoms with van der Waals surface area (Å²) in [7, 11) is 6.07. The van der Waals surface area contributed by atoms with Crippen molar-refractivity contribution in [1.82, 2.24) is 0 Å². The molecular formula is C21H23NO7. The third-order valence-corrected chi connectivity index (χ3v) is 3.85. The van der Waals surface area contributed by atoms with E-state index in [2.05, 4.69) is 5.32 Å². The Kier molecular flexibility index (Phi) is 7.90. The van der Waals surface area contributed by atoms with Gasteiger partial charge in [-0.1, -0.05) is 6.07 Å². The van der Waals surface area contributed by atoms with E-state index in [9.17, 15) is 9.59 Å². The number of esters is 1. The highest BCUT2D eigenvalue weighted by atomic mass is 16.5. The number of hydrogen-bond donors (Lipinski definition) is 1. The Hall–Kier alpha value is -3.68. The van der Waals surface area contributed by atoms with Gasteiger partial charge in [-0.3, -0.25) is 4.79 Å². The van der Waals surface area contributed by atoms with Crippen LogP contribution in [0.3, 0.4) is 0 Å². The van der Waals surface area contributed by atoms with Gasteiger partial charge in [0.05, 0.1) is 34.1 Å². The Morgan fingerprint density at radius 3 is 2.24 bits per heavy atom. The minimum atomic E-state index is -0.656. The third-order valence-electron chi connectivity index (χ3n) is 3.85. The summed E-state index contributed by atoms with van der Waals surface area (Å²) in [6.07, 6.45) is 2.77. The van der Waals surface area contributed by atoms with E-state index in [-0.39, 0.29) is 0 Å². The van der Waals surface area contributed by atoms with Crippen LogP contribution < -0.4 is 24.3 Å². The van der Waals surface area contributed by atoms with Gasteiger partial charge in [0.25, 0.3) is 5.91 Å². The Labute approximate surface area is 169 Å². The van der Waals surface area contributed by atoms with E-state index in [1.165, 1.54) is 34.5 Å². The Morgan fingerprint density at radius 2 is 1.59 bits per heavy atom. The molecule has 0 saturated carbocycles. The molecule has 0 saturated heterocycles. The van der Waals surface area contributed by atoms with Gasteiger partial charge in [0.15, 0.2) is 18.1 Å². The van der Waals surface area contributed by atoms with Crippen LogP contribution in [0.2, 0.25) is 0 Å². The predicted molar refractivity (Wildman–Crippen MR) is 108 cm³/mol. The van der Waals surface area contributed by atoms with Gasteiger partial charge >= 0.3 is 5.97 Å². The first kappa shape index (κ1) is 21.6. The average molecular weight is 401 g/mol. The molecule has 2 aromatic rings. The van der Waals surface area contributed by atoms with Crippen molar-refractivity contribution in [2.24, 2.45) is 0 Å². The van der Waals surface area contributed by atoms with E-state index < -0.39 is 18.5 Å². The summed E-state index contributed by atoms with van der Waals surface area (Å²) in [4.78, 5) is 23.9. The SMILES string of the molecule is COc1ccc(NC(=O)COC(=O)/C=C/c2ccc(OC)c(OC)c2)c(OC)c1. The molecule has 1 amide bonds. The van der Waals surface area contributed by atoms with Crippen molar-refractivity contribution in [1.29, 1.82) is 0 Å². The Bertz CT molecular complexity index is 893. The van der Waals surface area contributed by atoms with Crippen molar-refractivity contribution >= 4 is 23.6 Å². The molecule has 0 aliphatic rings. The number of nitrogens with one attached hydrogen (secondary N) is 1. The summed E-state index contributed by atoms with van der Waals surface area (Å²) in [5.41, 5.74) is 1.15. The molecule has 0 unspecified atom stereocenters. The topological polar surface area (TPSA) is 92.3 Å². The molecule has 0 heterocycles. The number of ether oxygens (including phenoxy) is 5. The van der Waals surface area contributed by atoms with Crippen molar-refractivity contribution in [3.8, 4) is 23.0 Å². The van der Waals surface area contributed by atoms with Crippen molar-refractivity contribution in [2.75, 3.05) is 40.4 Å². The number of methoxy groups -OCH3 is 4. The van der Waals surface area contributed by atoms with Gasteiger partial charge in [-0.15, -0.1) is 0 Å². The standard InChI is InChI=1S/C21H23NO7/c1-25-15-7-8-16(18(12-15)27-3)22-20(23)13-29-21(24)10-6-14-5-9-17(26-2)19(11-14)28-4/h5-12H,13H2,1-4H3,(H,22,23)/b10-6+. The molecule has 0 radical (unpaired) electrons. The number of carbonyl (C=O) groups excluding carboxylic acids is 2. The van der Waals surface area contributed by atoms with E-state index >= 15 is 0 Å². The first-order chi connectivity index (χ1) is 14.0. The molecule has 8 nitrogen and oxygen atoms in total. The summed E-state index contributed by atoms with van der Waals surface area (Å²) in [6.45, 7) is -0.440. The molecule has 154 valence electrons. The fourth-order valence-electron chi connectivity index (χ4n) is 2.39. The number of hydrogen-bond acceptors (Lipinski definition) is 7. The maximum Gasteiger partial charge on any atom is 0.331 e. The van der Waals surface area contributed by atoms with Crippen LogP contribution in [-0.2, 0) is 14.3 Å². The molecular weight excluding hydrogens is 378 g/mol. The quantitative estimate of drug-likeness (QED) is 0.510. The maximum atomic E-state index is 12.0. The third kappa shape index (κ3) is 6.17. The summed E-state index contributed by atoms with van der Waals surface area (Å²) < 4.78 is 25.6. The smallest absolute Gasteiger partial charge is 0.331 e. The van der Waals surface area contributed by atoms with Gasteiger partial charge in [0.1, 0.15) is 11.5 Å². The first-order valence-corrected chi connectivity index (χ1v) is 8.59. The molecule has 2 rings (SSSR count). The zero-order valence-electron chi connectivity index (χ0n) is 16.7. The van der Waals surface area contributed by atoms with E-state index in [0.717, 1.165) is 0 Å². The molecule has 0 aromatic heterocycles. The van der Waals surface area contributed by atoms with Crippen molar-refractivity contribution in [3.05, 3.63) is 48.0 Å². The van der Waals surface area contributed by atoms with Crippen LogP contribution >= 0.6 is 0 Å². The maximum absolute atomic E-state index is 12.0.